The monoisotopic (exact) mass is 298 g/mol. The summed E-state index contributed by atoms with van der Waals surface area (Å²) >= 11 is 0. The van der Waals surface area contributed by atoms with Gasteiger partial charge in [0.2, 0.25) is 0 Å². The first-order valence-electron chi connectivity index (χ1n) is 7.95. The van der Waals surface area contributed by atoms with E-state index in [1.165, 1.54) is 22.3 Å². The number of nitrogens with zero attached hydrogens (tertiary/aromatic N) is 1. The Labute approximate surface area is 136 Å². The lowest BCUT2D eigenvalue weighted by Crippen LogP contribution is -2.19. The normalized spacial score (nSPS) is 13.5. The highest BCUT2D eigenvalue weighted by molar-refractivity contribution is 6.00. The average molecular weight is 298 g/mol. The van der Waals surface area contributed by atoms with E-state index in [0.717, 1.165) is 24.5 Å². The average Bonchev–Trinajstić information content (AvgIpc) is 3.18. The van der Waals surface area contributed by atoms with Gasteiger partial charge in [0.1, 0.15) is 5.84 Å². The highest BCUT2D eigenvalue weighted by Gasteiger charge is 2.07. The van der Waals surface area contributed by atoms with Gasteiger partial charge in [-0.05, 0) is 22.3 Å². The van der Waals surface area contributed by atoms with E-state index in [2.05, 4.69) is 83.1 Å². The first-order chi connectivity index (χ1) is 11.4. The predicted octanol–water partition coefficient (Wildman–Crippen LogP) is 4.37. The number of amidine groups is 1. The molecule has 0 radical (unpaired) electrons. The molecule has 0 fully saturated rings. The molecule has 1 aliphatic rings. The predicted molar refractivity (Wildman–Crippen MR) is 96.7 cm³/mol. The lowest BCUT2D eigenvalue weighted by Gasteiger charge is -2.07. The van der Waals surface area contributed by atoms with E-state index in [-0.39, 0.29) is 0 Å². The van der Waals surface area contributed by atoms with Gasteiger partial charge in [-0.1, -0.05) is 78.9 Å². The Hall–Kier alpha value is -2.87. The summed E-state index contributed by atoms with van der Waals surface area (Å²) in [6.45, 7) is 1.82. The molecule has 0 aromatic heterocycles. The fraction of sp³-hybridized carbons (Fsp3) is 0.0952. The van der Waals surface area contributed by atoms with Crippen LogP contribution in [0.25, 0.3) is 22.3 Å². The van der Waals surface area contributed by atoms with Crippen LogP contribution in [0, 0.1) is 0 Å². The minimum atomic E-state index is 0.873. The highest BCUT2D eigenvalue weighted by Crippen LogP contribution is 2.25. The van der Waals surface area contributed by atoms with Crippen LogP contribution < -0.4 is 5.32 Å². The molecule has 0 saturated heterocycles. The van der Waals surface area contributed by atoms with Gasteiger partial charge in [-0.3, -0.25) is 4.99 Å². The van der Waals surface area contributed by atoms with Gasteiger partial charge in [-0.2, -0.15) is 0 Å². The number of nitrogens with one attached hydrogen (secondary N) is 1. The minimum Gasteiger partial charge on any atom is -0.368 e. The standard InChI is InChI=1S/C21H18N2/c1-2-4-16(5-3-1)17-6-8-18(9-7-17)19-10-12-20(13-11-19)21-22-14-15-23-21/h1-13H,14-15H2,(H,22,23). The van der Waals surface area contributed by atoms with E-state index < -0.39 is 0 Å². The second-order valence-electron chi connectivity index (χ2n) is 5.68. The molecular weight excluding hydrogens is 280 g/mol. The Balaban J connectivity index is 1.58. The zero-order valence-electron chi connectivity index (χ0n) is 12.9. The van der Waals surface area contributed by atoms with Crippen molar-refractivity contribution in [3.05, 3.63) is 84.4 Å². The fourth-order valence-corrected chi connectivity index (χ4v) is 2.90. The second kappa shape index (κ2) is 6.09. The number of hydrogen-bond donors (Lipinski definition) is 1. The summed E-state index contributed by atoms with van der Waals surface area (Å²) in [5.74, 6) is 1.01. The summed E-state index contributed by atoms with van der Waals surface area (Å²) < 4.78 is 0. The molecule has 0 unspecified atom stereocenters. The van der Waals surface area contributed by atoms with E-state index in [1.807, 2.05) is 6.07 Å². The van der Waals surface area contributed by atoms with Crippen molar-refractivity contribution in [2.24, 2.45) is 4.99 Å². The summed E-state index contributed by atoms with van der Waals surface area (Å²) in [5, 5.41) is 3.31. The smallest absolute Gasteiger partial charge is 0.128 e. The molecule has 1 heterocycles. The lowest BCUT2D eigenvalue weighted by atomic mass is 9.99. The molecule has 1 N–H and O–H groups in total. The Morgan fingerprint density at radius 2 is 1.04 bits per heavy atom. The maximum absolute atomic E-state index is 4.46. The fourth-order valence-electron chi connectivity index (χ4n) is 2.90. The number of hydrogen-bond acceptors (Lipinski definition) is 2. The van der Waals surface area contributed by atoms with E-state index in [9.17, 15) is 0 Å². The summed E-state index contributed by atoms with van der Waals surface area (Å²) in [4.78, 5) is 4.46. The number of aliphatic imine (C=N–C) groups is 1. The van der Waals surface area contributed by atoms with Crippen molar-refractivity contribution in [2.75, 3.05) is 13.1 Å². The van der Waals surface area contributed by atoms with Gasteiger partial charge < -0.3 is 5.32 Å². The van der Waals surface area contributed by atoms with Crippen LogP contribution in [0.3, 0.4) is 0 Å². The summed E-state index contributed by atoms with van der Waals surface area (Å²) in [6.07, 6.45) is 0. The Morgan fingerprint density at radius 3 is 1.52 bits per heavy atom. The third-order valence-electron chi connectivity index (χ3n) is 4.16. The Kier molecular flexibility index (Phi) is 3.65. The highest BCUT2D eigenvalue weighted by atomic mass is 15.1. The van der Waals surface area contributed by atoms with Crippen molar-refractivity contribution in [1.29, 1.82) is 0 Å². The molecule has 0 saturated carbocycles. The van der Waals surface area contributed by atoms with Crippen LogP contribution in [0.4, 0.5) is 0 Å². The van der Waals surface area contributed by atoms with Gasteiger partial charge in [-0.15, -0.1) is 0 Å². The zero-order chi connectivity index (χ0) is 15.5. The molecule has 1 aliphatic heterocycles. The van der Waals surface area contributed by atoms with Crippen LogP contribution in [-0.2, 0) is 0 Å². The third kappa shape index (κ3) is 2.88. The van der Waals surface area contributed by atoms with Crippen molar-refractivity contribution in [3.63, 3.8) is 0 Å². The molecule has 3 aromatic rings. The molecule has 3 aromatic carbocycles. The maximum Gasteiger partial charge on any atom is 0.128 e. The summed E-state index contributed by atoms with van der Waals surface area (Å²) in [5.41, 5.74) is 6.12. The van der Waals surface area contributed by atoms with E-state index in [0.29, 0.717) is 0 Å². The van der Waals surface area contributed by atoms with Crippen LogP contribution in [0.15, 0.2) is 83.9 Å². The minimum absolute atomic E-state index is 0.873. The van der Waals surface area contributed by atoms with Gasteiger partial charge in [-0.25, -0.2) is 0 Å². The molecule has 2 heteroatoms. The second-order valence-corrected chi connectivity index (χ2v) is 5.68. The lowest BCUT2D eigenvalue weighted by molar-refractivity contribution is 0.960. The Morgan fingerprint density at radius 1 is 0.565 bits per heavy atom. The molecule has 0 amide bonds. The van der Waals surface area contributed by atoms with Gasteiger partial charge >= 0.3 is 0 Å². The first-order valence-corrected chi connectivity index (χ1v) is 7.95. The number of benzene rings is 3. The van der Waals surface area contributed by atoms with E-state index >= 15 is 0 Å². The van der Waals surface area contributed by atoms with Crippen LogP contribution in [0.5, 0.6) is 0 Å². The SMILES string of the molecule is c1ccc(-c2ccc(-c3ccc(C4=NCCN4)cc3)cc2)cc1. The molecular formula is C21H18N2. The quantitative estimate of drug-likeness (QED) is 0.763. The topological polar surface area (TPSA) is 24.4 Å². The van der Waals surface area contributed by atoms with Crippen molar-refractivity contribution >= 4 is 5.84 Å². The molecule has 0 atom stereocenters. The van der Waals surface area contributed by atoms with E-state index in [4.69, 9.17) is 0 Å². The van der Waals surface area contributed by atoms with Gasteiger partial charge in [0, 0.05) is 12.1 Å². The molecule has 2 nitrogen and oxygen atoms in total. The molecule has 0 spiro atoms. The Bertz CT molecular complexity index is 816. The van der Waals surface area contributed by atoms with Crippen LogP contribution in [-0.4, -0.2) is 18.9 Å². The van der Waals surface area contributed by atoms with Gasteiger partial charge in [0.05, 0.1) is 6.54 Å². The van der Waals surface area contributed by atoms with Crippen LogP contribution >= 0.6 is 0 Å². The molecule has 112 valence electrons. The van der Waals surface area contributed by atoms with Crippen molar-refractivity contribution < 1.29 is 0 Å². The summed E-state index contributed by atoms with van der Waals surface area (Å²) in [6, 6.07) is 27.8. The van der Waals surface area contributed by atoms with Gasteiger partial charge in [0.25, 0.3) is 0 Å². The van der Waals surface area contributed by atoms with E-state index in [1.54, 1.807) is 0 Å². The molecule has 0 aliphatic carbocycles. The zero-order valence-corrected chi connectivity index (χ0v) is 12.9. The van der Waals surface area contributed by atoms with Crippen molar-refractivity contribution in [1.82, 2.24) is 5.32 Å². The third-order valence-corrected chi connectivity index (χ3v) is 4.16. The number of rotatable bonds is 3. The molecule has 4 rings (SSSR count). The van der Waals surface area contributed by atoms with Crippen LogP contribution in [0.2, 0.25) is 0 Å². The summed E-state index contributed by atoms with van der Waals surface area (Å²) in [7, 11) is 0. The van der Waals surface area contributed by atoms with Crippen molar-refractivity contribution in [2.45, 2.75) is 0 Å². The van der Waals surface area contributed by atoms with Crippen LogP contribution in [0.1, 0.15) is 5.56 Å². The van der Waals surface area contributed by atoms with Gasteiger partial charge in [0.15, 0.2) is 0 Å². The van der Waals surface area contributed by atoms with Crippen molar-refractivity contribution in [3.8, 4) is 22.3 Å². The maximum atomic E-state index is 4.46. The largest absolute Gasteiger partial charge is 0.368 e. The molecule has 0 bridgehead atoms. The first kappa shape index (κ1) is 13.8. The molecule has 23 heavy (non-hydrogen) atoms.